The number of esters is 1. The van der Waals surface area contributed by atoms with E-state index in [-0.39, 0.29) is 22.6 Å². The van der Waals surface area contributed by atoms with E-state index in [0.717, 1.165) is 11.5 Å². The zero-order valence-corrected chi connectivity index (χ0v) is 20.4. The van der Waals surface area contributed by atoms with Gasteiger partial charge in [0.1, 0.15) is 23.0 Å². The van der Waals surface area contributed by atoms with Gasteiger partial charge in [-0.2, -0.15) is 13.2 Å². The standard InChI is InChI=1S/C23H22O3S.CHF3O3S/c1-17-5-3-4-6-20(17)16-27(15-19-7-9-21(25)10-8-19)23-13-11-22(12-14-23)26-18(2)24;2-1(3,4)8(5,6)7/h3-14H,15-16H2,1-2H3;(H,5,6,7). The van der Waals surface area contributed by atoms with Gasteiger partial charge in [0.25, 0.3) is 0 Å². The first-order valence-electron chi connectivity index (χ1n) is 10.1. The molecule has 35 heavy (non-hydrogen) atoms. The fraction of sp³-hybridized carbons (Fsp3) is 0.208. The van der Waals surface area contributed by atoms with Crippen LogP contribution in [0, 0.1) is 6.92 Å². The minimum atomic E-state index is -6.09. The van der Waals surface area contributed by atoms with Gasteiger partial charge in [0.15, 0.2) is 15.0 Å². The number of benzene rings is 3. The molecule has 0 radical (unpaired) electrons. The van der Waals surface area contributed by atoms with Crippen molar-refractivity contribution in [1.82, 2.24) is 0 Å². The van der Waals surface area contributed by atoms with Crippen molar-refractivity contribution in [3.8, 4) is 11.5 Å². The normalized spacial score (nSPS) is 12.3. The van der Waals surface area contributed by atoms with E-state index in [1.807, 2.05) is 36.4 Å². The minimum absolute atomic E-state index is 0.0498. The Kier molecular flexibility index (Phi) is 9.75. The average molecular weight is 529 g/mol. The molecule has 0 saturated heterocycles. The Morgan fingerprint density at radius 1 is 0.971 bits per heavy atom. The molecule has 1 unspecified atom stereocenters. The van der Waals surface area contributed by atoms with Crippen LogP contribution >= 0.6 is 0 Å². The Balaban J connectivity index is 0.000000466. The van der Waals surface area contributed by atoms with Gasteiger partial charge in [-0.05, 0) is 48.9 Å². The molecule has 0 aliphatic carbocycles. The molecule has 188 valence electrons. The molecule has 3 aromatic carbocycles. The van der Waals surface area contributed by atoms with Crippen molar-refractivity contribution in [2.75, 3.05) is 0 Å². The Morgan fingerprint density at radius 3 is 2.00 bits per heavy atom. The Morgan fingerprint density at radius 2 is 1.51 bits per heavy atom. The van der Waals surface area contributed by atoms with Crippen molar-refractivity contribution in [1.29, 1.82) is 0 Å². The Hall–Kier alpha value is -3.02. The van der Waals surface area contributed by atoms with Crippen LogP contribution in [0.25, 0.3) is 0 Å². The van der Waals surface area contributed by atoms with Gasteiger partial charge in [-0.25, -0.2) is 8.42 Å². The average Bonchev–Trinajstić information content (AvgIpc) is 2.75. The molecular formula is C24H23F3O6S2. The number of carbonyl (C=O) groups is 1. The molecule has 11 heteroatoms. The molecule has 3 aromatic rings. The molecular weight excluding hydrogens is 505 g/mol. The quantitative estimate of drug-likeness (QED) is 0.158. The van der Waals surface area contributed by atoms with E-state index in [1.54, 1.807) is 12.1 Å². The van der Waals surface area contributed by atoms with Crippen molar-refractivity contribution in [3.05, 3.63) is 89.5 Å². The number of rotatable bonds is 6. The van der Waals surface area contributed by atoms with Crippen LogP contribution < -0.4 is 4.74 Å². The lowest BCUT2D eigenvalue weighted by molar-refractivity contribution is -0.131. The van der Waals surface area contributed by atoms with Gasteiger partial charge in [-0.3, -0.25) is 4.79 Å². The lowest BCUT2D eigenvalue weighted by atomic mass is 10.1. The van der Waals surface area contributed by atoms with Gasteiger partial charge >= 0.3 is 11.5 Å². The number of alkyl halides is 3. The topological polar surface area (TPSA) is 104 Å². The highest BCUT2D eigenvalue weighted by atomic mass is 32.2. The predicted molar refractivity (Wildman–Crippen MR) is 126 cm³/mol. The second kappa shape index (κ2) is 12.1. The SMILES string of the molecule is CC(=O)Oc1ccc([S+](Cc2ccc(O)cc2)Cc2ccccc2C)cc1.O=S(=O)([O-])C(F)(F)F. The molecule has 3 rings (SSSR count). The van der Waals surface area contributed by atoms with Crippen LogP contribution in [0.2, 0.25) is 0 Å². The molecule has 0 spiro atoms. The van der Waals surface area contributed by atoms with Gasteiger partial charge in [-0.1, -0.05) is 36.4 Å². The maximum absolute atomic E-state index is 11.1. The molecule has 0 heterocycles. The summed E-state index contributed by atoms with van der Waals surface area (Å²) in [6, 6.07) is 23.7. The van der Waals surface area contributed by atoms with Crippen LogP contribution in [0.3, 0.4) is 0 Å². The molecule has 0 aliphatic rings. The van der Waals surface area contributed by atoms with Crippen molar-refractivity contribution in [2.24, 2.45) is 0 Å². The first-order chi connectivity index (χ1) is 16.3. The third-order valence-electron chi connectivity index (χ3n) is 4.57. The highest BCUT2D eigenvalue weighted by Crippen LogP contribution is 2.27. The maximum Gasteiger partial charge on any atom is 0.485 e. The van der Waals surface area contributed by atoms with E-state index in [1.165, 1.54) is 28.5 Å². The summed E-state index contributed by atoms with van der Waals surface area (Å²) in [7, 11) is -6.14. The fourth-order valence-corrected chi connectivity index (χ4v) is 5.09. The molecule has 0 aromatic heterocycles. The first-order valence-corrected chi connectivity index (χ1v) is 13.0. The van der Waals surface area contributed by atoms with Crippen LogP contribution in [0.1, 0.15) is 23.6 Å². The number of aryl methyl sites for hydroxylation is 1. The van der Waals surface area contributed by atoms with Crippen LogP contribution in [0.4, 0.5) is 13.2 Å². The third-order valence-corrected chi connectivity index (χ3v) is 7.42. The summed E-state index contributed by atoms with van der Waals surface area (Å²) in [5, 5.41) is 9.54. The highest BCUT2D eigenvalue weighted by Gasteiger charge is 2.36. The maximum atomic E-state index is 11.1. The summed E-state index contributed by atoms with van der Waals surface area (Å²) >= 11 is 0. The largest absolute Gasteiger partial charge is 0.741 e. The van der Waals surface area contributed by atoms with Gasteiger partial charge in [-0.15, -0.1) is 0 Å². The predicted octanol–water partition coefficient (Wildman–Crippen LogP) is 5.05. The number of halogens is 3. The van der Waals surface area contributed by atoms with E-state index < -0.39 is 15.6 Å². The van der Waals surface area contributed by atoms with E-state index in [0.29, 0.717) is 5.75 Å². The summed E-state index contributed by atoms with van der Waals surface area (Å²) in [6.07, 6.45) is 0. The molecule has 0 fully saturated rings. The minimum Gasteiger partial charge on any atom is -0.741 e. The van der Waals surface area contributed by atoms with Crippen molar-refractivity contribution >= 4 is 27.0 Å². The summed E-state index contributed by atoms with van der Waals surface area (Å²) < 4.78 is 64.1. The zero-order chi connectivity index (χ0) is 26.2. The van der Waals surface area contributed by atoms with Gasteiger partial charge in [0.2, 0.25) is 0 Å². The number of ether oxygens (including phenoxy) is 1. The number of hydrogen-bond donors (Lipinski definition) is 1. The highest BCUT2D eigenvalue weighted by molar-refractivity contribution is 7.95. The van der Waals surface area contributed by atoms with Crippen molar-refractivity contribution in [3.63, 3.8) is 0 Å². The number of aromatic hydroxyl groups is 1. The van der Waals surface area contributed by atoms with Crippen LogP contribution in [-0.4, -0.2) is 29.6 Å². The molecule has 0 bridgehead atoms. The van der Waals surface area contributed by atoms with E-state index in [9.17, 15) is 23.1 Å². The van der Waals surface area contributed by atoms with Crippen LogP contribution in [-0.2, 0) is 37.3 Å². The van der Waals surface area contributed by atoms with Crippen LogP contribution in [0.5, 0.6) is 11.5 Å². The Bertz CT molecular complexity index is 1230. The molecule has 1 N–H and O–H groups in total. The molecule has 6 nitrogen and oxygen atoms in total. The summed E-state index contributed by atoms with van der Waals surface area (Å²) in [5.41, 5.74) is -1.83. The van der Waals surface area contributed by atoms with Gasteiger partial charge in [0.05, 0.1) is 0 Å². The van der Waals surface area contributed by atoms with Gasteiger partial charge in [0, 0.05) is 28.9 Å². The third kappa shape index (κ3) is 9.27. The lowest BCUT2D eigenvalue weighted by Gasteiger charge is -2.11. The molecule has 0 saturated carbocycles. The number of phenols is 1. The summed E-state index contributed by atoms with van der Waals surface area (Å²) in [6.45, 7) is 3.54. The summed E-state index contributed by atoms with van der Waals surface area (Å²) in [5.74, 6) is 2.37. The van der Waals surface area contributed by atoms with Crippen molar-refractivity contribution < 1.29 is 40.8 Å². The second-order valence-electron chi connectivity index (χ2n) is 7.34. The Labute approximate surface area is 204 Å². The second-order valence-corrected chi connectivity index (χ2v) is 10.7. The van der Waals surface area contributed by atoms with E-state index in [4.69, 9.17) is 17.7 Å². The zero-order valence-electron chi connectivity index (χ0n) is 18.8. The number of phenolic OH excluding ortho intramolecular Hbond substituents is 1. The first kappa shape index (κ1) is 28.2. The molecule has 0 amide bonds. The van der Waals surface area contributed by atoms with E-state index in [2.05, 4.69) is 31.2 Å². The lowest BCUT2D eigenvalue weighted by Crippen LogP contribution is -2.21. The van der Waals surface area contributed by atoms with Gasteiger partial charge < -0.3 is 14.4 Å². The number of hydrogen-bond acceptors (Lipinski definition) is 6. The molecule has 1 atom stereocenters. The smallest absolute Gasteiger partial charge is 0.485 e. The fourth-order valence-electron chi connectivity index (χ4n) is 2.84. The van der Waals surface area contributed by atoms with E-state index >= 15 is 0 Å². The monoisotopic (exact) mass is 528 g/mol. The molecule has 0 aliphatic heterocycles. The van der Waals surface area contributed by atoms with Crippen molar-refractivity contribution in [2.45, 2.75) is 35.8 Å². The number of carbonyl (C=O) groups excluding carboxylic acids is 1. The summed E-state index contributed by atoms with van der Waals surface area (Å²) in [4.78, 5) is 12.4. The van der Waals surface area contributed by atoms with Crippen LogP contribution in [0.15, 0.2) is 77.7 Å².